The number of aliphatic imine (C=N–C) groups is 2. The van der Waals surface area contributed by atoms with Gasteiger partial charge in [-0.25, -0.2) is 9.97 Å². The number of hydrogen-bond acceptors (Lipinski definition) is 12. The van der Waals surface area contributed by atoms with Crippen LogP contribution in [0, 0.1) is 0 Å². The van der Waals surface area contributed by atoms with Gasteiger partial charge in [0.2, 0.25) is 0 Å². The molecule has 16 heteroatoms. The molecule has 12 nitrogen and oxygen atoms in total. The molecule has 1 fully saturated rings. The first-order chi connectivity index (χ1) is 21.8. The van der Waals surface area contributed by atoms with Crippen LogP contribution < -0.4 is 10.6 Å². The van der Waals surface area contributed by atoms with Crippen LogP contribution in [0.3, 0.4) is 0 Å². The van der Waals surface area contributed by atoms with Crippen LogP contribution in [0.5, 0.6) is 0 Å². The molecule has 2 aromatic carbocycles. The average Bonchev–Trinajstić information content (AvgIpc) is 3.64. The second-order valence-corrected chi connectivity index (χ2v) is 16.6. The van der Waals surface area contributed by atoms with E-state index in [-0.39, 0.29) is 0 Å². The lowest BCUT2D eigenvalue weighted by molar-refractivity contribution is 0.395. The van der Waals surface area contributed by atoms with Gasteiger partial charge in [0.15, 0.2) is 0 Å². The molecule has 4 heterocycles. The van der Waals surface area contributed by atoms with E-state index in [1.54, 1.807) is 0 Å². The summed E-state index contributed by atoms with van der Waals surface area (Å²) in [5, 5.41) is 9.48. The Bertz CT molecular complexity index is 1800. The van der Waals surface area contributed by atoms with E-state index in [0.29, 0.717) is 24.3 Å². The first-order valence-corrected chi connectivity index (χ1v) is 20.4. The van der Waals surface area contributed by atoms with Crippen LogP contribution in [0.25, 0.3) is 20.4 Å². The van der Waals surface area contributed by atoms with Gasteiger partial charge in [-0.1, -0.05) is 0 Å². The lowest BCUT2D eigenvalue weighted by Gasteiger charge is -2.25. The van der Waals surface area contributed by atoms with Crippen molar-refractivity contribution < 1.29 is 25.9 Å². The van der Waals surface area contributed by atoms with E-state index in [4.69, 9.17) is 19.1 Å². The summed E-state index contributed by atoms with van der Waals surface area (Å²) in [6.45, 7) is 3.85. The highest BCUT2D eigenvalue weighted by Gasteiger charge is 2.28. The zero-order valence-electron chi connectivity index (χ0n) is 25.6. The summed E-state index contributed by atoms with van der Waals surface area (Å²) in [5.41, 5.74) is 4.62. The lowest BCUT2D eigenvalue weighted by atomic mass is 9.82. The third-order valence-electron chi connectivity index (χ3n) is 7.58. The zero-order chi connectivity index (χ0) is 32.9. The first kappa shape index (κ1) is 34.3. The molecule has 0 radical (unpaired) electrons. The summed E-state index contributed by atoms with van der Waals surface area (Å²) < 4.78 is 54.3. The second-order valence-electron chi connectivity index (χ2n) is 11.5. The molecule has 3 aliphatic rings. The maximum absolute atomic E-state index is 9.19. The Labute approximate surface area is 277 Å². The molecule has 2 aliphatic heterocycles. The van der Waals surface area contributed by atoms with Crippen LogP contribution in [-0.2, 0) is 20.2 Å². The number of rotatable bonds is 4. The van der Waals surface area contributed by atoms with Crippen LogP contribution in [0.2, 0.25) is 0 Å². The van der Waals surface area contributed by atoms with Crippen molar-refractivity contribution in [1.29, 1.82) is 0 Å². The van der Waals surface area contributed by atoms with E-state index < -0.39 is 20.2 Å². The summed E-state index contributed by atoms with van der Waals surface area (Å²) in [5.74, 6) is 3.18. The highest BCUT2D eigenvalue weighted by Crippen LogP contribution is 2.44. The molecular formula is C30H38N6O6S4. The van der Waals surface area contributed by atoms with Crippen LogP contribution in [0.4, 0.5) is 0 Å². The van der Waals surface area contributed by atoms with Crippen molar-refractivity contribution in [3.63, 3.8) is 0 Å². The van der Waals surface area contributed by atoms with Crippen molar-refractivity contribution in [3.05, 3.63) is 57.5 Å². The van der Waals surface area contributed by atoms with Gasteiger partial charge in [-0.2, -0.15) is 16.8 Å². The van der Waals surface area contributed by atoms with Gasteiger partial charge in [0.1, 0.15) is 11.7 Å². The van der Waals surface area contributed by atoms with E-state index in [2.05, 4.69) is 57.0 Å². The number of thiazole rings is 2. The number of benzene rings is 2. The van der Waals surface area contributed by atoms with E-state index >= 15 is 0 Å². The largest absolute Gasteiger partial charge is 0.370 e. The maximum atomic E-state index is 9.19. The fraction of sp³-hybridized carbons (Fsp3) is 0.467. The number of fused-ring (bicyclic) bond motifs is 2. The van der Waals surface area contributed by atoms with Gasteiger partial charge < -0.3 is 10.6 Å². The van der Waals surface area contributed by atoms with Gasteiger partial charge in [-0.05, 0) is 74.9 Å². The van der Waals surface area contributed by atoms with Crippen molar-refractivity contribution >= 4 is 75.0 Å². The van der Waals surface area contributed by atoms with Crippen LogP contribution in [0.15, 0.2) is 46.4 Å². The minimum absolute atomic E-state index is 0.559. The van der Waals surface area contributed by atoms with E-state index in [0.717, 1.165) is 61.7 Å². The predicted octanol–water partition coefficient (Wildman–Crippen LogP) is 4.84. The lowest BCUT2D eigenvalue weighted by Crippen LogP contribution is -2.30. The molecule has 0 amide bonds. The molecule has 1 saturated carbocycles. The first-order valence-electron chi connectivity index (χ1n) is 15.0. The van der Waals surface area contributed by atoms with Crippen molar-refractivity contribution in [1.82, 2.24) is 20.6 Å². The Kier molecular flexibility index (Phi) is 11.1. The molecule has 248 valence electrons. The number of nitrogens with one attached hydrogen (secondary N) is 2. The zero-order valence-corrected chi connectivity index (χ0v) is 28.9. The molecule has 1 aliphatic carbocycles. The molecule has 2 aromatic heterocycles. The van der Waals surface area contributed by atoms with Crippen molar-refractivity contribution in [3.8, 4) is 0 Å². The Morgan fingerprint density at radius 3 is 1.37 bits per heavy atom. The highest BCUT2D eigenvalue weighted by atomic mass is 32.2. The highest BCUT2D eigenvalue weighted by molar-refractivity contribution is 7.85. The fourth-order valence-corrected chi connectivity index (χ4v) is 7.92. The van der Waals surface area contributed by atoms with Gasteiger partial charge >= 0.3 is 0 Å². The normalized spacial score (nSPS) is 20.3. The molecule has 0 bridgehead atoms. The van der Waals surface area contributed by atoms with Crippen LogP contribution in [-0.4, -0.2) is 86.3 Å². The second kappa shape index (κ2) is 14.8. The van der Waals surface area contributed by atoms with Crippen molar-refractivity contribution in [2.24, 2.45) is 9.98 Å². The molecule has 4 aromatic rings. The molecule has 0 saturated heterocycles. The van der Waals surface area contributed by atoms with E-state index in [1.165, 1.54) is 56.2 Å². The molecular weight excluding hydrogens is 669 g/mol. The smallest absolute Gasteiger partial charge is 0.261 e. The summed E-state index contributed by atoms with van der Waals surface area (Å²) in [4.78, 5) is 19.4. The molecule has 0 spiro atoms. The Balaban J connectivity index is 0.000000366. The Morgan fingerprint density at radius 1 is 0.674 bits per heavy atom. The third kappa shape index (κ3) is 9.99. The standard InChI is InChI=1S/C28H30N6S2.2CH4O3S/c1-11-29-25(30-12-1)19-7-9-21-23(15-19)35-27(33-21)17-3-5-18(6-4-17)28-34-22-10-8-20(16-24(22)36-28)26-31-13-2-14-32-26;2*1-5(2,3)4/h7-10,15-18H,1-6,11-14H2,(H,29,30)(H,31,32);2*1H3,(H,2,3,4). The van der Waals surface area contributed by atoms with E-state index in [9.17, 15) is 16.8 Å². The monoisotopic (exact) mass is 706 g/mol. The molecule has 4 N–H and O–H groups in total. The van der Waals surface area contributed by atoms with Crippen molar-refractivity contribution in [2.75, 3.05) is 38.7 Å². The van der Waals surface area contributed by atoms with Crippen molar-refractivity contribution in [2.45, 2.75) is 50.4 Å². The van der Waals surface area contributed by atoms with Crippen LogP contribution in [0.1, 0.15) is 71.5 Å². The average molecular weight is 707 g/mol. The summed E-state index contributed by atoms with van der Waals surface area (Å²) >= 11 is 3.75. The molecule has 0 unspecified atom stereocenters. The van der Waals surface area contributed by atoms with Gasteiger partial charge in [-0.3, -0.25) is 19.1 Å². The number of amidine groups is 2. The van der Waals surface area contributed by atoms with E-state index in [1.807, 2.05) is 22.7 Å². The van der Waals surface area contributed by atoms with Crippen LogP contribution >= 0.6 is 22.7 Å². The topological polar surface area (TPSA) is 183 Å². The maximum Gasteiger partial charge on any atom is 0.261 e. The summed E-state index contributed by atoms with van der Waals surface area (Å²) in [6, 6.07) is 13.2. The number of aromatic nitrogens is 2. The summed E-state index contributed by atoms with van der Waals surface area (Å²) in [7, 11) is -7.33. The third-order valence-corrected chi connectivity index (χ3v) is 9.94. The molecule has 46 heavy (non-hydrogen) atoms. The quantitative estimate of drug-likeness (QED) is 0.214. The number of hydrogen-bond donors (Lipinski definition) is 4. The minimum Gasteiger partial charge on any atom is -0.370 e. The predicted molar refractivity (Wildman–Crippen MR) is 186 cm³/mol. The Hall–Kier alpha value is -3.02. The fourth-order valence-electron chi connectivity index (χ4n) is 5.57. The number of nitrogens with zero attached hydrogens (tertiary/aromatic N) is 4. The molecule has 0 atom stereocenters. The van der Waals surface area contributed by atoms with Gasteiger partial charge in [0.25, 0.3) is 20.2 Å². The van der Waals surface area contributed by atoms with Gasteiger partial charge in [-0.15, -0.1) is 22.7 Å². The summed E-state index contributed by atoms with van der Waals surface area (Å²) in [6.07, 6.45) is 8.41. The molecule has 7 rings (SSSR count). The minimum atomic E-state index is -3.67. The SMILES string of the molecule is CS(=O)(=O)O.CS(=O)(=O)O.c1cc2nc(C3CCC(c4nc5ccc(C6=NCCCN6)cc5s4)CC3)sc2cc1C1=NCCCN1. The Morgan fingerprint density at radius 2 is 1.04 bits per heavy atom. The van der Waals surface area contributed by atoms with Gasteiger partial charge in [0.05, 0.1) is 43.0 Å². The van der Waals surface area contributed by atoms with Gasteiger partial charge in [0, 0.05) is 49.1 Å².